The van der Waals surface area contributed by atoms with Crippen LogP contribution in [0.1, 0.15) is 48.8 Å². The van der Waals surface area contributed by atoms with Crippen molar-refractivity contribution < 1.29 is 9.47 Å². The minimum Gasteiger partial charge on any atom is -0.493 e. The van der Waals surface area contributed by atoms with Crippen LogP contribution in [0, 0.1) is 12.8 Å². The normalized spacial score (nSPS) is 14.6. The fourth-order valence-corrected chi connectivity index (χ4v) is 4.75. The Balaban J connectivity index is 1.67. The van der Waals surface area contributed by atoms with Crippen molar-refractivity contribution in [3.05, 3.63) is 69.5 Å². The molecule has 5 heteroatoms. The Morgan fingerprint density at radius 2 is 1.62 bits per heavy atom. The van der Waals surface area contributed by atoms with Crippen LogP contribution in [-0.4, -0.2) is 18.8 Å². The minimum atomic E-state index is 0.0895. The Labute approximate surface area is 190 Å². The van der Waals surface area contributed by atoms with Gasteiger partial charge in [0, 0.05) is 36.7 Å². The van der Waals surface area contributed by atoms with Crippen LogP contribution in [0.2, 0.25) is 0 Å². The van der Waals surface area contributed by atoms with Gasteiger partial charge in [0.25, 0.3) is 5.56 Å². The van der Waals surface area contributed by atoms with Crippen molar-refractivity contribution >= 4 is 10.9 Å². The molecule has 1 aromatic heterocycles. The summed E-state index contributed by atoms with van der Waals surface area (Å²) in [5.74, 6) is 1.89. The predicted octanol–water partition coefficient (Wildman–Crippen LogP) is 5.20. The fraction of sp³-hybridized carbons (Fsp3) is 0.444. The molecule has 4 rings (SSSR count). The van der Waals surface area contributed by atoms with Gasteiger partial charge >= 0.3 is 0 Å². The van der Waals surface area contributed by atoms with E-state index in [1.807, 2.05) is 22.8 Å². The van der Waals surface area contributed by atoms with E-state index in [-0.39, 0.29) is 5.56 Å². The number of aromatic nitrogens is 1. The maximum Gasteiger partial charge on any atom is 0.255 e. The van der Waals surface area contributed by atoms with Crippen molar-refractivity contribution in [2.75, 3.05) is 14.2 Å². The number of aryl methyl sites for hydroxylation is 1. The first-order chi connectivity index (χ1) is 15.6. The van der Waals surface area contributed by atoms with E-state index >= 15 is 0 Å². The molecule has 0 bridgehead atoms. The van der Waals surface area contributed by atoms with Crippen LogP contribution in [-0.2, 0) is 19.6 Å². The third kappa shape index (κ3) is 4.99. The molecule has 1 aliphatic rings. The lowest BCUT2D eigenvalue weighted by Gasteiger charge is -2.24. The van der Waals surface area contributed by atoms with E-state index in [2.05, 4.69) is 36.5 Å². The minimum absolute atomic E-state index is 0.0895. The summed E-state index contributed by atoms with van der Waals surface area (Å²) in [4.78, 5) is 13.5. The highest BCUT2D eigenvalue weighted by Gasteiger charge is 2.19. The Hall–Kier alpha value is -2.79. The summed E-state index contributed by atoms with van der Waals surface area (Å²) in [5, 5.41) is 4.46. The Bertz CT molecular complexity index is 1110. The zero-order valence-electron chi connectivity index (χ0n) is 19.4. The summed E-state index contributed by atoms with van der Waals surface area (Å²) in [6.45, 7) is 4.11. The van der Waals surface area contributed by atoms with Gasteiger partial charge in [0.15, 0.2) is 11.5 Å². The first-order valence-electron chi connectivity index (χ1n) is 11.6. The molecule has 1 N–H and O–H groups in total. The molecule has 32 heavy (non-hydrogen) atoms. The standard InChI is InChI=1S/C27H34N2O3/c1-19-9-11-20(12-10-19)16-28-17-23-13-22-14-25(31-2)26(32-3)15-24(22)29(27(23)30)18-21-7-5-4-6-8-21/h9-15,21,28H,4-8,16-18H2,1-3H3. The van der Waals surface area contributed by atoms with Crippen molar-refractivity contribution in [1.82, 2.24) is 9.88 Å². The van der Waals surface area contributed by atoms with Gasteiger partial charge in [0.2, 0.25) is 0 Å². The van der Waals surface area contributed by atoms with Gasteiger partial charge in [-0.15, -0.1) is 0 Å². The second-order valence-corrected chi connectivity index (χ2v) is 8.94. The highest BCUT2D eigenvalue weighted by molar-refractivity contribution is 5.83. The molecule has 0 unspecified atom stereocenters. The summed E-state index contributed by atoms with van der Waals surface area (Å²) in [6, 6.07) is 14.4. The second kappa shape index (κ2) is 10.2. The van der Waals surface area contributed by atoms with E-state index in [1.165, 1.54) is 43.2 Å². The smallest absolute Gasteiger partial charge is 0.255 e. The third-order valence-corrected chi connectivity index (χ3v) is 6.60. The molecular weight excluding hydrogens is 400 g/mol. The maximum absolute atomic E-state index is 13.5. The van der Waals surface area contributed by atoms with Crippen molar-refractivity contribution in [3.63, 3.8) is 0 Å². The molecule has 0 spiro atoms. The van der Waals surface area contributed by atoms with Crippen molar-refractivity contribution in [2.45, 2.75) is 58.7 Å². The molecular formula is C27H34N2O3. The van der Waals surface area contributed by atoms with Gasteiger partial charge in [-0.2, -0.15) is 0 Å². The molecule has 3 aromatic rings. The highest BCUT2D eigenvalue weighted by atomic mass is 16.5. The van der Waals surface area contributed by atoms with Gasteiger partial charge < -0.3 is 19.4 Å². The number of hydrogen-bond acceptors (Lipinski definition) is 4. The Kier molecular flexibility index (Phi) is 7.15. The topological polar surface area (TPSA) is 52.5 Å². The molecule has 2 aromatic carbocycles. The zero-order valence-corrected chi connectivity index (χ0v) is 19.4. The SMILES string of the molecule is COc1cc2cc(CNCc3ccc(C)cc3)c(=O)n(CC3CCCCC3)c2cc1OC. The number of benzene rings is 2. The average Bonchev–Trinajstić information content (AvgIpc) is 2.82. The average molecular weight is 435 g/mol. The monoisotopic (exact) mass is 434 g/mol. The van der Waals surface area contributed by atoms with Crippen molar-refractivity contribution in [1.29, 1.82) is 0 Å². The van der Waals surface area contributed by atoms with Crippen LogP contribution in [0.25, 0.3) is 10.9 Å². The number of methoxy groups -OCH3 is 2. The number of fused-ring (bicyclic) bond motifs is 1. The van der Waals surface area contributed by atoms with Crippen LogP contribution in [0.5, 0.6) is 11.5 Å². The Morgan fingerprint density at radius 3 is 2.31 bits per heavy atom. The number of nitrogens with zero attached hydrogens (tertiary/aromatic N) is 1. The first kappa shape index (κ1) is 22.4. The number of hydrogen-bond donors (Lipinski definition) is 1. The van der Waals surface area contributed by atoms with E-state index in [4.69, 9.17) is 9.47 Å². The zero-order chi connectivity index (χ0) is 22.5. The lowest BCUT2D eigenvalue weighted by molar-refractivity contribution is 0.319. The summed E-state index contributed by atoms with van der Waals surface area (Å²) in [5.41, 5.74) is 4.25. The summed E-state index contributed by atoms with van der Waals surface area (Å²) < 4.78 is 13.0. The third-order valence-electron chi connectivity index (χ3n) is 6.60. The molecule has 1 saturated carbocycles. The molecule has 1 aliphatic carbocycles. The van der Waals surface area contributed by atoms with E-state index in [0.717, 1.165) is 29.6 Å². The van der Waals surface area contributed by atoms with Gasteiger partial charge in [0.05, 0.1) is 19.7 Å². The van der Waals surface area contributed by atoms with Gasteiger partial charge in [-0.25, -0.2) is 0 Å². The number of ether oxygens (including phenoxy) is 2. The van der Waals surface area contributed by atoms with Crippen LogP contribution in [0.4, 0.5) is 0 Å². The van der Waals surface area contributed by atoms with Crippen LogP contribution < -0.4 is 20.3 Å². The van der Waals surface area contributed by atoms with Gasteiger partial charge in [-0.3, -0.25) is 4.79 Å². The van der Waals surface area contributed by atoms with Gasteiger partial charge in [0.1, 0.15) is 0 Å². The number of rotatable bonds is 8. The predicted molar refractivity (Wildman–Crippen MR) is 130 cm³/mol. The van der Waals surface area contributed by atoms with E-state index in [9.17, 15) is 4.79 Å². The number of nitrogens with one attached hydrogen (secondary N) is 1. The van der Waals surface area contributed by atoms with Crippen molar-refractivity contribution in [2.24, 2.45) is 5.92 Å². The summed E-state index contributed by atoms with van der Waals surface area (Å²) in [6.07, 6.45) is 6.20. The van der Waals surface area contributed by atoms with E-state index in [1.54, 1.807) is 14.2 Å². The molecule has 170 valence electrons. The van der Waals surface area contributed by atoms with Crippen LogP contribution in [0.3, 0.4) is 0 Å². The van der Waals surface area contributed by atoms with E-state index < -0.39 is 0 Å². The number of pyridine rings is 1. The molecule has 0 aliphatic heterocycles. The van der Waals surface area contributed by atoms with Crippen LogP contribution in [0.15, 0.2) is 47.3 Å². The maximum atomic E-state index is 13.5. The van der Waals surface area contributed by atoms with E-state index in [0.29, 0.717) is 24.0 Å². The van der Waals surface area contributed by atoms with Gasteiger partial charge in [-0.05, 0) is 43.4 Å². The lowest BCUT2D eigenvalue weighted by Crippen LogP contribution is -2.30. The summed E-state index contributed by atoms with van der Waals surface area (Å²) >= 11 is 0. The molecule has 1 heterocycles. The largest absolute Gasteiger partial charge is 0.493 e. The first-order valence-corrected chi connectivity index (χ1v) is 11.6. The fourth-order valence-electron chi connectivity index (χ4n) is 4.75. The summed E-state index contributed by atoms with van der Waals surface area (Å²) in [7, 11) is 3.28. The molecule has 0 amide bonds. The molecule has 0 radical (unpaired) electrons. The highest BCUT2D eigenvalue weighted by Crippen LogP contribution is 2.33. The van der Waals surface area contributed by atoms with Crippen molar-refractivity contribution in [3.8, 4) is 11.5 Å². The van der Waals surface area contributed by atoms with Gasteiger partial charge in [-0.1, -0.05) is 49.1 Å². The molecule has 0 atom stereocenters. The molecule has 0 saturated heterocycles. The second-order valence-electron chi connectivity index (χ2n) is 8.94. The lowest BCUT2D eigenvalue weighted by atomic mass is 9.89. The van der Waals surface area contributed by atoms with Crippen LogP contribution >= 0.6 is 0 Å². The quantitative estimate of drug-likeness (QED) is 0.530. The molecule has 1 fully saturated rings. The molecule has 5 nitrogen and oxygen atoms in total. The Morgan fingerprint density at radius 1 is 0.938 bits per heavy atom.